The molecule has 2 aliphatic heterocycles. The van der Waals surface area contributed by atoms with Crippen LogP contribution in [0.15, 0.2) is 17.8 Å². The zero-order valence-electron chi connectivity index (χ0n) is 11.4. The summed E-state index contributed by atoms with van der Waals surface area (Å²) in [6.07, 6.45) is 1.81. The molecule has 8 nitrogen and oxygen atoms in total. The average Bonchev–Trinajstić information content (AvgIpc) is 2.73. The van der Waals surface area contributed by atoms with Gasteiger partial charge in [-0.3, -0.25) is 4.84 Å². The lowest BCUT2D eigenvalue weighted by atomic mass is 9.99. The zero-order chi connectivity index (χ0) is 14.7. The van der Waals surface area contributed by atoms with E-state index in [-0.39, 0.29) is 25.1 Å². The van der Waals surface area contributed by atoms with Crippen molar-refractivity contribution in [1.82, 2.24) is 9.96 Å². The second kappa shape index (κ2) is 5.91. The molecular weight excluding hydrogens is 266 g/mol. The van der Waals surface area contributed by atoms with Crippen molar-refractivity contribution in [2.45, 2.75) is 18.5 Å². The first-order valence-corrected chi connectivity index (χ1v) is 6.15. The maximum Gasteiger partial charge on any atom is 0.345 e. The molecule has 8 heteroatoms. The van der Waals surface area contributed by atoms with Gasteiger partial charge in [-0.2, -0.15) is 5.06 Å². The molecule has 2 fully saturated rings. The second-order valence-corrected chi connectivity index (χ2v) is 4.37. The van der Waals surface area contributed by atoms with E-state index >= 15 is 0 Å². The molecule has 2 heterocycles. The van der Waals surface area contributed by atoms with Crippen LogP contribution in [0.5, 0.6) is 0 Å². The van der Waals surface area contributed by atoms with Gasteiger partial charge in [-0.25, -0.2) is 9.59 Å². The zero-order valence-corrected chi connectivity index (χ0v) is 11.4. The molecule has 0 radical (unpaired) electrons. The van der Waals surface area contributed by atoms with Crippen LogP contribution in [0.4, 0.5) is 4.79 Å². The lowest BCUT2D eigenvalue weighted by Crippen LogP contribution is -2.49. The van der Waals surface area contributed by atoms with E-state index < -0.39 is 12.0 Å². The molecule has 0 spiro atoms. The van der Waals surface area contributed by atoms with Crippen LogP contribution >= 0.6 is 0 Å². The van der Waals surface area contributed by atoms with Crippen molar-refractivity contribution < 1.29 is 24.0 Å². The number of ether oxygens (including phenoxy) is 1. The molecule has 0 aromatic heterocycles. The highest BCUT2D eigenvalue weighted by Gasteiger charge is 2.51. The Hall–Kier alpha value is -2.09. The van der Waals surface area contributed by atoms with E-state index in [9.17, 15) is 9.59 Å². The van der Waals surface area contributed by atoms with Crippen molar-refractivity contribution >= 4 is 17.7 Å². The van der Waals surface area contributed by atoms with Crippen LogP contribution in [-0.2, 0) is 19.2 Å². The van der Waals surface area contributed by atoms with Gasteiger partial charge >= 0.3 is 12.0 Å². The summed E-state index contributed by atoms with van der Waals surface area (Å²) in [5, 5.41) is 5.12. The predicted molar refractivity (Wildman–Crippen MR) is 68.7 cm³/mol. The standard InChI is InChI=1S/C12H17N3O5/c1-4-5-20-15-10-7-14(12(15)17)9(11(16)18-2)6-8(10)13-19-3/h4,9-10H,1,5-7H2,2-3H3/t9-,10-/m0/s1. The van der Waals surface area contributed by atoms with Crippen molar-refractivity contribution in [3.05, 3.63) is 12.7 Å². The molecular formula is C12H17N3O5. The molecule has 2 saturated heterocycles. The number of urea groups is 1. The molecule has 2 amide bonds. The van der Waals surface area contributed by atoms with Crippen LogP contribution in [0, 0.1) is 0 Å². The summed E-state index contributed by atoms with van der Waals surface area (Å²) in [7, 11) is 2.70. The van der Waals surface area contributed by atoms with Crippen LogP contribution in [0.3, 0.4) is 0 Å². The van der Waals surface area contributed by atoms with Gasteiger partial charge in [0.15, 0.2) is 0 Å². The second-order valence-electron chi connectivity index (χ2n) is 4.37. The van der Waals surface area contributed by atoms with Gasteiger partial charge in [0.05, 0.1) is 26.0 Å². The first-order valence-electron chi connectivity index (χ1n) is 6.15. The van der Waals surface area contributed by atoms with Gasteiger partial charge in [0, 0.05) is 6.42 Å². The van der Waals surface area contributed by atoms with Gasteiger partial charge in [0.1, 0.15) is 19.2 Å². The summed E-state index contributed by atoms with van der Waals surface area (Å²) in [5.74, 6) is -0.480. The molecule has 0 saturated carbocycles. The van der Waals surface area contributed by atoms with E-state index in [4.69, 9.17) is 14.4 Å². The molecule has 110 valence electrons. The minimum absolute atomic E-state index is 0.194. The van der Waals surface area contributed by atoms with Crippen LogP contribution in [-0.4, -0.2) is 67.1 Å². The van der Waals surface area contributed by atoms with E-state index in [0.717, 1.165) is 0 Å². The Morgan fingerprint density at radius 2 is 2.30 bits per heavy atom. The smallest absolute Gasteiger partial charge is 0.345 e. The van der Waals surface area contributed by atoms with Crippen molar-refractivity contribution in [2.24, 2.45) is 5.16 Å². The monoisotopic (exact) mass is 283 g/mol. The number of hydroxylamine groups is 2. The molecule has 0 aromatic rings. The molecule has 0 aromatic carbocycles. The Morgan fingerprint density at radius 1 is 1.55 bits per heavy atom. The van der Waals surface area contributed by atoms with Gasteiger partial charge in [-0.05, 0) is 0 Å². The fourth-order valence-electron chi connectivity index (χ4n) is 2.38. The number of hydrogen-bond donors (Lipinski definition) is 0. The summed E-state index contributed by atoms with van der Waals surface area (Å²) in [6.45, 7) is 4.05. The van der Waals surface area contributed by atoms with E-state index in [1.54, 1.807) is 0 Å². The number of esters is 1. The summed E-state index contributed by atoms with van der Waals surface area (Å²) >= 11 is 0. The Kier molecular flexibility index (Phi) is 4.23. The highest BCUT2D eigenvalue weighted by Crippen LogP contribution is 2.29. The number of nitrogens with zero attached hydrogens (tertiary/aromatic N) is 3. The Labute approximate surface area is 116 Å². The Bertz CT molecular complexity index is 450. The van der Waals surface area contributed by atoms with E-state index in [1.165, 1.54) is 30.3 Å². The third-order valence-corrected chi connectivity index (χ3v) is 3.26. The third kappa shape index (κ3) is 2.34. The van der Waals surface area contributed by atoms with Gasteiger partial charge in [-0.1, -0.05) is 11.2 Å². The highest BCUT2D eigenvalue weighted by atomic mass is 16.7. The largest absolute Gasteiger partial charge is 0.467 e. The molecule has 2 aliphatic rings. The Balaban J connectivity index is 2.27. The fraction of sp³-hybridized carbons (Fsp3) is 0.583. The number of amides is 2. The maximum absolute atomic E-state index is 12.3. The SMILES string of the molecule is C=CCON1C(=O)N2C[C@H]1C(=NOC)C[C@H]2C(=O)OC. The van der Waals surface area contributed by atoms with Crippen molar-refractivity contribution in [1.29, 1.82) is 0 Å². The van der Waals surface area contributed by atoms with Crippen LogP contribution in [0.1, 0.15) is 6.42 Å². The molecule has 2 rings (SSSR count). The number of oxime groups is 1. The van der Waals surface area contributed by atoms with Crippen LogP contribution in [0.25, 0.3) is 0 Å². The van der Waals surface area contributed by atoms with Gasteiger partial charge < -0.3 is 14.5 Å². The molecule has 2 atom stereocenters. The minimum atomic E-state index is -0.699. The number of carbonyl (C=O) groups is 2. The van der Waals surface area contributed by atoms with Crippen molar-refractivity contribution in [3.63, 3.8) is 0 Å². The number of methoxy groups -OCH3 is 1. The third-order valence-electron chi connectivity index (χ3n) is 3.26. The van der Waals surface area contributed by atoms with Gasteiger partial charge in [-0.15, -0.1) is 6.58 Å². The van der Waals surface area contributed by atoms with Gasteiger partial charge in [0.25, 0.3) is 0 Å². The number of fused-ring (bicyclic) bond motifs is 2. The topological polar surface area (TPSA) is 80.7 Å². The predicted octanol–water partition coefficient (Wildman–Crippen LogP) is 0.158. The Morgan fingerprint density at radius 3 is 2.90 bits per heavy atom. The minimum Gasteiger partial charge on any atom is -0.467 e. The molecule has 0 aliphatic carbocycles. The molecule has 0 unspecified atom stereocenters. The molecule has 2 bridgehead atoms. The number of hydrogen-bond acceptors (Lipinski definition) is 6. The van der Waals surface area contributed by atoms with E-state index in [2.05, 4.69) is 11.7 Å². The van der Waals surface area contributed by atoms with Crippen molar-refractivity contribution in [2.75, 3.05) is 27.4 Å². The summed E-state index contributed by atoms with van der Waals surface area (Å²) < 4.78 is 4.73. The summed E-state index contributed by atoms with van der Waals surface area (Å²) in [5.41, 5.74) is 0.578. The highest BCUT2D eigenvalue weighted by molar-refractivity contribution is 6.01. The number of rotatable bonds is 5. The number of piperidine rings is 1. The van der Waals surface area contributed by atoms with E-state index in [0.29, 0.717) is 12.3 Å². The van der Waals surface area contributed by atoms with Gasteiger partial charge in [0.2, 0.25) is 0 Å². The average molecular weight is 283 g/mol. The fourth-order valence-corrected chi connectivity index (χ4v) is 2.38. The number of carbonyl (C=O) groups excluding carboxylic acids is 2. The normalized spacial score (nSPS) is 26.9. The molecule has 20 heavy (non-hydrogen) atoms. The summed E-state index contributed by atoms with van der Waals surface area (Å²) in [6, 6.07) is -1.44. The molecule has 0 N–H and O–H groups in total. The summed E-state index contributed by atoms with van der Waals surface area (Å²) in [4.78, 5) is 35.6. The lowest BCUT2D eigenvalue weighted by Gasteiger charge is -2.28. The van der Waals surface area contributed by atoms with Crippen LogP contribution < -0.4 is 0 Å². The van der Waals surface area contributed by atoms with E-state index in [1.807, 2.05) is 0 Å². The first kappa shape index (κ1) is 14.3. The maximum atomic E-state index is 12.3. The lowest BCUT2D eigenvalue weighted by molar-refractivity contribution is -0.145. The van der Waals surface area contributed by atoms with Crippen LogP contribution in [0.2, 0.25) is 0 Å². The van der Waals surface area contributed by atoms with Crippen molar-refractivity contribution in [3.8, 4) is 0 Å². The quantitative estimate of drug-likeness (QED) is 0.408. The first-order chi connectivity index (χ1) is 9.63.